The molecule has 0 bridgehead atoms. The van der Waals surface area contributed by atoms with E-state index >= 15 is 0 Å². The molecule has 0 unspecified atom stereocenters. The van der Waals surface area contributed by atoms with E-state index in [1.165, 1.54) is 31.3 Å². The number of carbonyl (C=O) groups excluding carboxylic acids is 2. The molecular weight excluding hydrogens is 342 g/mol. The fourth-order valence-corrected chi connectivity index (χ4v) is 2.04. The van der Waals surface area contributed by atoms with Gasteiger partial charge in [-0.3, -0.25) is 4.79 Å². The standard InChI is InChI=1S/C16H13ClF2N2O3/c1-9(12-4-3-11(18)6-13(12)19)21-15(22)8-24-16(23)10-2-5-14(17)20-7-10/h2-7,9H,8H2,1H3,(H,21,22)/t9-/m0/s1. The highest BCUT2D eigenvalue weighted by Crippen LogP contribution is 2.17. The largest absolute Gasteiger partial charge is 0.452 e. The Morgan fingerprint density at radius 1 is 1.29 bits per heavy atom. The van der Waals surface area contributed by atoms with Gasteiger partial charge in [0, 0.05) is 17.8 Å². The molecule has 0 aliphatic heterocycles. The van der Waals surface area contributed by atoms with Crippen LogP contribution in [-0.4, -0.2) is 23.5 Å². The van der Waals surface area contributed by atoms with Crippen molar-refractivity contribution in [2.75, 3.05) is 6.61 Å². The second-order valence-electron chi connectivity index (χ2n) is 4.90. The summed E-state index contributed by atoms with van der Waals surface area (Å²) >= 11 is 5.60. The predicted molar refractivity (Wildman–Crippen MR) is 82.4 cm³/mol. The summed E-state index contributed by atoms with van der Waals surface area (Å²) in [5.74, 6) is -2.84. The summed E-state index contributed by atoms with van der Waals surface area (Å²) < 4.78 is 31.3. The molecule has 126 valence electrons. The second-order valence-corrected chi connectivity index (χ2v) is 5.29. The fraction of sp³-hybridized carbons (Fsp3) is 0.188. The van der Waals surface area contributed by atoms with Crippen molar-refractivity contribution in [1.29, 1.82) is 0 Å². The zero-order valence-corrected chi connectivity index (χ0v) is 13.3. The molecule has 1 heterocycles. The SMILES string of the molecule is C[C@H](NC(=O)COC(=O)c1ccc(Cl)nc1)c1ccc(F)cc1F. The van der Waals surface area contributed by atoms with Crippen LogP contribution >= 0.6 is 11.6 Å². The van der Waals surface area contributed by atoms with Gasteiger partial charge in [0.05, 0.1) is 11.6 Å². The fourth-order valence-electron chi connectivity index (χ4n) is 1.92. The number of hydrogen-bond donors (Lipinski definition) is 1. The molecule has 0 aliphatic rings. The molecule has 1 atom stereocenters. The molecule has 5 nitrogen and oxygen atoms in total. The number of benzene rings is 1. The summed E-state index contributed by atoms with van der Waals surface area (Å²) in [5, 5.41) is 2.68. The Balaban J connectivity index is 1.88. The number of carbonyl (C=O) groups is 2. The summed E-state index contributed by atoms with van der Waals surface area (Å²) in [6.07, 6.45) is 1.22. The van der Waals surface area contributed by atoms with E-state index in [9.17, 15) is 18.4 Å². The molecule has 8 heteroatoms. The summed E-state index contributed by atoms with van der Waals surface area (Å²) in [7, 11) is 0. The van der Waals surface area contributed by atoms with E-state index in [2.05, 4.69) is 10.3 Å². The highest BCUT2D eigenvalue weighted by atomic mass is 35.5. The first-order valence-corrected chi connectivity index (χ1v) is 7.27. The number of ether oxygens (including phenoxy) is 1. The Hall–Kier alpha value is -2.54. The number of amides is 1. The van der Waals surface area contributed by atoms with Gasteiger partial charge in [-0.25, -0.2) is 18.6 Å². The lowest BCUT2D eigenvalue weighted by Crippen LogP contribution is -2.31. The zero-order valence-electron chi connectivity index (χ0n) is 12.6. The van der Waals surface area contributed by atoms with Gasteiger partial charge in [-0.1, -0.05) is 17.7 Å². The number of pyridine rings is 1. The molecule has 24 heavy (non-hydrogen) atoms. The molecule has 0 spiro atoms. The van der Waals surface area contributed by atoms with Gasteiger partial charge in [-0.15, -0.1) is 0 Å². The normalized spacial score (nSPS) is 11.7. The summed E-state index contributed by atoms with van der Waals surface area (Å²) in [6.45, 7) is 0.980. The summed E-state index contributed by atoms with van der Waals surface area (Å²) in [4.78, 5) is 27.2. The maximum atomic E-state index is 13.6. The average Bonchev–Trinajstić information content (AvgIpc) is 2.53. The van der Waals surface area contributed by atoms with Gasteiger partial charge < -0.3 is 10.1 Å². The maximum absolute atomic E-state index is 13.6. The molecule has 2 aromatic rings. The zero-order chi connectivity index (χ0) is 17.7. The maximum Gasteiger partial charge on any atom is 0.340 e. The minimum atomic E-state index is -0.771. The Morgan fingerprint density at radius 3 is 2.67 bits per heavy atom. The number of hydrogen-bond acceptors (Lipinski definition) is 4. The second kappa shape index (κ2) is 7.83. The van der Waals surface area contributed by atoms with Crippen LogP contribution < -0.4 is 5.32 Å². The first kappa shape index (κ1) is 17.8. The molecule has 2 rings (SSSR count). The van der Waals surface area contributed by atoms with Crippen molar-refractivity contribution in [3.05, 3.63) is 64.4 Å². The highest BCUT2D eigenvalue weighted by Gasteiger charge is 2.16. The monoisotopic (exact) mass is 354 g/mol. The van der Waals surface area contributed by atoms with E-state index in [0.29, 0.717) is 0 Å². The molecule has 0 saturated heterocycles. The minimum absolute atomic E-state index is 0.123. The Kier molecular flexibility index (Phi) is 5.81. The molecule has 0 fully saturated rings. The van der Waals surface area contributed by atoms with E-state index in [1.54, 1.807) is 0 Å². The number of nitrogens with one attached hydrogen (secondary N) is 1. The van der Waals surface area contributed by atoms with Crippen LogP contribution in [0.1, 0.15) is 28.9 Å². The van der Waals surface area contributed by atoms with Gasteiger partial charge in [0.15, 0.2) is 6.61 Å². The number of halogens is 3. The quantitative estimate of drug-likeness (QED) is 0.662. The third kappa shape index (κ3) is 4.73. The van der Waals surface area contributed by atoms with Crippen LogP contribution in [0.4, 0.5) is 8.78 Å². The molecular formula is C16H13ClF2N2O3. The van der Waals surface area contributed by atoms with Crippen molar-refractivity contribution < 1.29 is 23.1 Å². The minimum Gasteiger partial charge on any atom is -0.452 e. The van der Waals surface area contributed by atoms with Crippen LogP contribution in [0.5, 0.6) is 0 Å². The van der Waals surface area contributed by atoms with Gasteiger partial charge in [0.2, 0.25) is 0 Å². The number of aromatic nitrogens is 1. The van der Waals surface area contributed by atoms with Crippen molar-refractivity contribution >= 4 is 23.5 Å². The van der Waals surface area contributed by atoms with Gasteiger partial charge in [0.1, 0.15) is 16.8 Å². The summed E-state index contributed by atoms with van der Waals surface area (Å²) in [6, 6.07) is 5.17. The van der Waals surface area contributed by atoms with Crippen LogP contribution in [0.3, 0.4) is 0 Å². The topological polar surface area (TPSA) is 68.3 Å². The average molecular weight is 355 g/mol. The molecule has 0 aliphatic carbocycles. The predicted octanol–water partition coefficient (Wildman–Crippen LogP) is 3.05. The van der Waals surface area contributed by atoms with Crippen LogP contribution in [0, 0.1) is 11.6 Å². The Morgan fingerprint density at radius 2 is 2.04 bits per heavy atom. The van der Waals surface area contributed by atoms with Gasteiger partial charge in [-0.05, 0) is 25.1 Å². The Bertz CT molecular complexity index is 753. The van der Waals surface area contributed by atoms with E-state index in [1.807, 2.05) is 0 Å². The van der Waals surface area contributed by atoms with Gasteiger partial charge in [0.25, 0.3) is 5.91 Å². The van der Waals surface area contributed by atoms with E-state index < -0.39 is 36.2 Å². The van der Waals surface area contributed by atoms with E-state index in [4.69, 9.17) is 16.3 Å². The van der Waals surface area contributed by atoms with Crippen molar-refractivity contribution in [1.82, 2.24) is 10.3 Å². The number of nitrogens with zero attached hydrogens (tertiary/aromatic N) is 1. The number of rotatable bonds is 5. The van der Waals surface area contributed by atoms with Crippen LogP contribution in [0.2, 0.25) is 5.15 Å². The molecule has 1 N–H and O–H groups in total. The first-order chi connectivity index (χ1) is 11.4. The smallest absolute Gasteiger partial charge is 0.340 e. The van der Waals surface area contributed by atoms with E-state index in [0.717, 1.165) is 12.1 Å². The lowest BCUT2D eigenvalue weighted by molar-refractivity contribution is -0.124. The number of esters is 1. The molecule has 0 saturated carbocycles. The first-order valence-electron chi connectivity index (χ1n) is 6.90. The molecule has 0 radical (unpaired) electrons. The lowest BCUT2D eigenvalue weighted by Gasteiger charge is -2.15. The van der Waals surface area contributed by atoms with Crippen LogP contribution in [0.25, 0.3) is 0 Å². The van der Waals surface area contributed by atoms with Crippen molar-refractivity contribution in [3.8, 4) is 0 Å². The van der Waals surface area contributed by atoms with Crippen LogP contribution in [-0.2, 0) is 9.53 Å². The lowest BCUT2D eigenvalue weighted by atomic mass is 10.1. The molecule has 1 aromatic carbocycles. The van der Waals surface area contributed by atoms with Gasteiger partial charge >= 0.3 is 5.97 Å². The van der Waals surface area contributed by atoms with Crippen LogP contribution in [0.15, 0.2) is 36.5 Å². The summed E-state index contributed by atoms with van der Waals surface area (Å²) in [5.41, 5.74) is 0.266. The van der Waals surface area contributed by atoms with Crippen molar-refractivity contribution in [3.63, 3.8) is 0 Å². The van der Waals surface area contributed by atoms with Gasteiger partial charge in [-0.2, -0.15) is 0 Å². The Labute approximate surface area is 141 Å². The molecule has 1 aromatic heterocycles. The third-order valence-electron chi connectivity index (χ3n) is 3.10. The van der Waals surface area contributed by atoms with E-state index in [-0.39, 0.29) is 16.3 Å². The third-order valence-corrected chi connectivity index (χ3v) is 3.33. The van der Waals surface area contributed by atoms with Crippen molar-refractivity contribution in [2.45, 2.75) is 13.0 Å². The molecule has 1 amide bonds. The van der Waals surface area contributed by atoms with Crippen molar-refractivity contribution in [2.24, 2.45) is 0 Å². The highest BCUT2D eigenvalue weighted by molar-refractivity contribution is 6.29.